The molecule has 16 heavy (non-hydrogen) atoms. The summed E-state index contributed by atoms with van der Waals surface area (Å²) in [5, 5.41) is 26.2. The molecule has 0 unspecified atom stereocenters. The highest BCUT2D eigenvalue weighted by atomic mass is 16.5. The first-order valence-corrected chi connectivity index (χ1v) is 4.40. The molecule has 2 rings (SSSR count). The summed E-state index contributed by atoms with van der Waals surface area (Å²) in [6.45, 7) is 0. The van der Waals surface area contributed by atoms with Gasteiger partial charge in [-0.3, -0.25) is 0 Å². The molecule has 82 valence electrons. The number of rotatable bonds is 2. The number of ether oxygens (including phenoxy) is 1. The first-order valence-electron chi connectivity index (χ1n) is 4.40. The van der Waals surface area contributed by atoms with Crippen molar-refractivity contribution in [1.82, 2.24) is 10.2 Å². The molecule has 0 bridgehead atoms. The molecule has 0 aliphatic rings. The van der Waals surface area contributed by atoms with Gasteiger partial charge in [0, 0.05) is 0 Å². The van der Waals surface area contributed by atoms with Crippen LogP contribution in [0, 0.1) is 0 Å². The number of aromatic hydroxyl groups is 1. The van der Waals surface area contributed by atoms with Crippen LogP contribution in [-0.2, 0) is 0 Å². The maximum atomic E-state index is 10.8. The zero-order valence-electron chi connectivity index (χ0n) is 8.34. The van der Waals surface area contributed by atoms with Gasteiger partial charge in [0.15, 0.2) is 0 Å². The van der Waals surface area contributed by atoms with E-state index in [-0.39, 0.29) is 17.3 Å². The summed E-state index contributed by atoms with van der Waals surface area (Å²) in [7, 11) is 1.42. The third-order valence-electron chi connectivity index (χ3n) is 2.17. The van der Waals surface area contributed by atoms with Crippen molar-refractivity contribution >= 4 is 16.7 Å². The molecule has 0 radical (unpaired) electrons. The number of hydrogen-bond donors (Lipinski definition) is 2. The Bertz CT molecular complexity index is 568. The van der Waals surface area contributed by atoms with Crippen LogP contribution in [0.4, 0.5) is 0 Å². The van der Waals surface area contributed by atoms with Crippen LogP contribution in [0.1, 0.15) is 10.4 Å². The molecule has 2 aromatic rings. The van der Waals surface area contributed by atoms with E-state index < -0.39 is 5.97 Å². The Morgan fingerprint density at radius 3 is 2.69 bits per heavy atom. The molecule has 0 aliphatic carbocycles. The quantitative estimate of drug-likeness (QED) is 0.785. The highest BCUT2D eigenvalue weighted by Gasteiger charge is 2.11. The summed E-state index contributed by atoms with van der Waals surface area (Å²) in [5.74, 6) is -1.15. The van der Waals surface area contributed by atoms with Crippen LogP contribution in [-0.4, -0.2) is 33.5 Å². The largest absolute Gasteiger partial charge is 0.492 e. The molecule has 0 saturated heterocycles. The van der Waals surface area contributed by atoms with Gasteiger partial charge in [-0.05, 0) is 18.2 Å². The van der Waals surface area contributed by atoms with E-state index in [1.54, 1.807) is 0 Å². The molecule has 2 N–H and O–H groups in total. The van der Waals surface area contributed by atoms with Crippen LogP contribution < -0.4 is 4.74 Å². The second-order valence-corrected chi connectivity index (χ2v) is 3.10. The third-order valence-corrected chi connectivity index (χ3v) is 2.17. The van der Waals surface area contributed by atoms with Crippen LogP contribution in [0.3, 0.4) is 0 Å². The van der Waals surface area contributed by atoms with Crippen LogP contribution in [0.15, 0.2) is 18.2 Å². The molecule has 1 aromatic heterocycles. The number of carboxylic acids is 1. The van der Waals surface area contributed by atoms with E-state index in [1.165, 1.54) is 25.3 Å². The van der Waals surface area contributed by atoms with Gasteiger partial charge in [-0.2, -0.15) is 0 Å². The minimum Gasteiger partial charge on any atom is -0.492 e. The van der Waals surface area contributed by atoms with Gasteiger partial charge in [0.2, 0.25) is 11.8 Å². The highest BCUT2D eigenvalue weighted by molar-refractivity contribution is 5.97. The predicted molar refractivity (Wildman–Crippen MR) is 54.7 cm³/mol. The SMILES string of the molecule is COc1nnc(O)c2cc(C(=O)O)ccc12. The van der Waals surface area contributed by atoms with Crippen LogP contribution in [0.2, 0.25) is 0 Å². The second-order valence-electron chi connectivity index (χ2n) is 3.10. The lowest BCUT2D eigenvalue weighted by atomic mass is 10.1. The van der Waals surface area contributed by atoms with E-state index in [9.17, 15) is 9.90 Å². The van der Waals surface area contributed by atoms with Crippen LogP contribution in [0.5, 0.6) is 11.8 Å². The molecule has 0 saturated carbocycles. The van der Waals surface area contributed by atoms with Gasteiger partial charge in [0.25, 0.3) is 0 Å². The van der Waals surface area contributed by atoms with Crippen molar-refractivity contribution in [2.75, 3.05) is 7.11 Å². The summed E-state index contributed by atoms with van der Waals surface area (Å²) in [6.07, 6.45) is 0. The van der Waals surface area contributed by atoms with Gasteiger partial charge >= 0.3 is 5.97 Å². The topological polar surface area (TPSA) is 92.5 Å². The number of carboxylic acid groups (broad SMARTS) is 1. The number of benzene rings is 1. The highest BCUT2D eigenvalue weighted by Crippen LogP contribution is 2.28. The molecule has 0 amide bonds. The normalized spacial score (nSPS) is 10.3. The maximum Gasteiger partial charge on any atom is 0.335 e. The monoisotopic (exact) mass is 220 g/mol. The van der Waals surface area contributed by atoms with Crippen LogP contribution >= 0.6 is 0 Å². The number of nitrogens with zero attached hydrogens (tertiary/aromatic N) is 2. The van der Waals surface area contributed by atoms with Crippen molar-refractivity contribution in [2.45, 2.75) is 0 Å². The van der Waals surface area contributed by atoms with Crippen molar-refractivity contribution in [1.29, 1.82) is 0 Å². The predicted octanol–water partition coefficient (Wildman–Crippen LogP) is 1.04. The van der Waals surface area contributed by atoms with E-state index in [0.29, 0.717) is 10.8 Å². The number of fused-ring (bicyclic) bond motifs is 1. The Labute approximate surface area is 90.1 Å². The number of aromatic carboxylic acids is 1. The average molecular weight is 220 g/mol. The molecule has 6 nitrogen and oxygen atoms in total. The smallest absolute Gasteiger partial charge is 0.335 e. The Balaban J connectivity index is 2.77. The fourth-order valence-corrected chi connectivity index (χ4v) is 1.40. The third kappa shape index (κ3) is 1.50. The fourth-order valence-electron chi connectivity index (χ4n) is 1.40. The van der Waals surface area contributed by atoms with Gasteiger partial charge < -0.3 is 14.9 Å². The first kappa shape index (κ1) is 10.2. The molecule has 0 spiro atoms. The van der Waals surface area contributed by atoms with Crippen LogP contribution in [0.25, 0.3) is 10.8 Å². The van der Waals surface area contributed by atoms with Crippen molar-refractivity contribution in [3.05, 3.63) is 23.8 Å². The van der Waals surface area contributed by atoms with E-state index in [2.05, 4.69) is 10.2 Å². The summed E-state index contributed by atoms with van der Waals surface area (Å²) < 4.78 is 4.95. The number of carbonyl (C=O) groups is 1. The van der Waals surface area contributed by atoms with Crippen molar-refractivity contribution in [3.63, 3.8) is 0 Å². The van der Waals surface area contributed by atoms with Crippen molar-refractivity contribution in [2.24, 2.45) is 0 Å². The summed E-state index contributed by atoms with van der Waals surface area (Å²) in [5.41, 5.74) is 0.0675. The number of methoxy groups -OCH3 is 1. The summed E-state index contributed by atoms with van der Waals surface area (Å²) in [6, 6.07) is 4.25. The number of aromatic nitrogens is 2. The zero-order chi connectivity index (χ0) is 11.7. The van der Waals surface area contributed by atoms with Gasteiger partial charge in [-0.1, -0.05) is 0 Å². The van der Waals surface area contributed by atoms with Crippen molar-refractivity contribution < 1.29 is 19.7 Å². The lowest BCUT2D eigenvalue weighted by Gasteiger charge is -2.05. The Kier molecular flexibility index (Phi) is 2.32. The number of hydrogen-bond acceptors (Lipinski definition) is 5. The van der Waals surface area contributed by atoms with Gasteiger partial charge in [-0.25, -0.2) is 4.79 Å². The minimum atomic E-state index is -1.07. The molecule has 6 heteroatoms. The van der Waals surface area contributed by atoms with E-state index in [4.69, 9.17) is 9.84 Å². The molecule has 1 heterocycles. The van der Waals surface area contributed by atoms with Gasteiger partial charge in [-0.15, -0.1) is 10.2 Å². The average Bonchev–Trinajstić information content (AvgIpc) is 2.29. The molecule has 0 fully saturated rings. The Hall–Kier alpha value is -2.37. The Morgan fingerprint density at radius 2 is 2.06 bits per heavy atom. The maximum absolute atomic E-state index is 10.8. The molecule has 1 aromatic carbocycles. The molecular formula is C10H8N2O4. The summed E-state index contributed by atoms with van der Waals surface area (Å²) in [4.78, 5) is 10.8. The summed E-state index contributed by atoms with van der Waals surface area (Å²) >= 11 is 0. The lowest BCUT2D eigenvalue weighted by molar-refractivity contribution is 0.0697. The van der Waals surface area contributed by atoms with E-state index >= 15 is 0 Å². The zero-order valence-corrected chi connectivity index (χ0v) is 8.34. The van der Waals surface area contributed by atoms with Gasteiger partial charge in [0.1, 0.15) is 0 Å². The van der Waals surface area contributed by atoms with Gasteiger partial charge in [0.05, 0.1) is 23.4 Å². The molecule has 0 atom stereocenters. The standard InChI is InChI=1S/C10H8N2O4/c1-16-9-6-3-2-5(10(14)15)4-7(6)8(13)11-12-9/h2-4H,1H3,(H,11,13)(H,14,15). The van der Waals surface area contributed by atoms with Crippen molar-refractivity contribution in [3.8, 4) is 11.8 Å². The molecule has 0 aliphatic heterocycles. The minimum absolute atomic E-state index is 0.0675. The Morgan fingerprint density at radius 1 is 1.31 bits per heavy atom. The van der Waals surface area contributed by atoms with E-state index in [1.807, 2.05) is 0 Å². The van der Waals surface area contributed by atoms with E-state index in [0.717, 1.165) is 0 Å². The fraction of sp³-hybridized carbons (Fsp3) is 0.100. The lowest BCUT2D eigenvalue weighted by Crippen LogP contribution is -1.97. The first-order chi connectivity index (χ1) is 7.63. The molecular weight excluding hydrogens is 212 g/mol. The second kappa shape index (κ2) is 3.65.